The van der Waals surface area contributed by atoms with E-state index in [1.54, 1.807) is 12.4 Å². The first kappa shape index (κ1) is 16.2. The molecular formula is C19H15ClN6. The minimum absolute atomic E-state index is 0.413. The van der Waals surface area contributed by atoms with E-state index in [4.69, 9.17) is 11.6 Å². The van der Waals surface area contributed by atoms with Crippen LogP contribution in [0.2, 0.25) is 5.02 Å². The molecule has 128 valence electrons. The highest BCUT2D eigenvalue weighted by Crippen LogP contribution is 2.25. The number of para-hydroxylation sites is 1. The van der Waals surface area contributed by atoms with Gasteiger partial charge in [0.05, 0.1) is 0 Å². The molecule has 0 atom stereocenters. The van der Waals surface area contributed by atoms with E-state index >= 15 is 0 Å². The summed E-state index contributed by atoms with van der Waals surface area (Å²) in [6, 6.07) is 15.5. The Morgan fingerprint density at radius 1 is 0.846 bits per heavy atom. The fraction of sp³-hybridized carbons (Fsp3) is 0.0526. The summed E-state index contributed by atoms with van der Waals surface area (Å²) in [4.78, 5) is 17.7. The zero-order chi connectivity index (χ0) is 17.9. The number of aryl methyl sites for hydroxylation is 1. The molecule has 0 bridgehead atoms. The maximum absolute atomic E-state index is 6.20. The molecule has 0 unspecified atom stereocenters. The smallest absolute Gasteiger partial charge is 0.231 e. The Balaban J connectivity index is 1.74. The van der Waals surface area contributed by atoms with Crippen LogP contribution in [0.4, 0.5) is 23.1 Å². The van der Waals surface area contributed by atoms with Gasteiger partial charge in [0.25, 0.3) is 0 Å². The van der Waals surface area contributed by atoms with E-state index in [-0.39, 0.29) is 0 Å². The summed E-state index contributed by atoms with van der Waals surface area (Å²) in [7, 11) is 0. The van der Waals surface area contributed by atoms with Crippen LogP contribution in [-0.4, -0.2) is 19.9 Å². The summed E-state index contributed by atoms with van der Waals surface area (Å²) in [6.45, 7) is 1.95. The molecule has 4 rings (SSSR count). The second-order valence-electron chi connectivity index (χ2n) is 5.70. The number of nitrogens with zero attached hydrogens (tertiary/aromatic N) is 4. The van der Waals surface area contributed by atoms with Crippen molar-refractivity contribution in [1.29, 1.82) is 0 Å². The molecule has 7 heteroatoms. The lowest BCUT2D eigenvalue weighted by Gasteiger charge is -2.11. The molecule has 0 aliphatic heterocycles. The van der Waals surface area contributed by atoms with E-state index < -0.39 is 0 Å². The fourth-order valence-corrected chi connectivity index (χ4v) is 2.65. The molecule has 0 radical (unpaired) electrons. The van der Waals surface area contributed by atoms with Crippen molar-refractivity contribution in [2.75, 3.05) is 10.6 Å². The molecule has 4 aromatic rings. The maximum atomic E-state index is 6.20. The number of hydrogen-bond donors (Lipinski definition) is 2. The van der Waals surface area contributed by atoms with Crippen molar-refractivity contribution < 1.29 is 0 Å². The predicted octanol–water partition coefficient (Wildman–Crippen LogP) is 4.87. The first-order chi connectivity index (χ1) is 12.7. The summed E-state index contributed by atoms with van der Waals surface area (Å²) in [5.41, 5.74) is 3.82. The van der Waals surface area contributed by atoms with Crippen LogP contribution in [0.25, 0.3) is 11.2 Å². The first-order valence-electron chi connectivity index (χ1n) is 8.03. The van der Waals surface area contributed by atoms with Gasteiger partial charge in [-0.15, -0.1) is 0 Å². The van der Waals surface area contributed by atoms with Crippen molar-refractivity contribution in [3.05, 3.63) is 71.5 Å². The Morgan fingerprint density at radius 2 is 1.65 bits per heavy atom. The Labute approximate surface area is 155 Å². The summed E-state index contributed by atoms with van der Waals surface area (Å²) in [5, 5.41) is 7.13. The number of hydrogen-bond acceptors (Lipinski definition) is 6. The molecule has 26 heavy (non-hydrogen) atoms. The van der Waals surface area contributed by atoms with Gasteiger partial charge in [-0.3, -0.25) is 0 Å². The van der Waals surface area contributed by atoms with E-state index in [1.807, 2.05) is 55.5 Å². The lowest BCUT2D eigenvalue weighted by atomic mass is 10.2. The molecule has 2 aromatic heterocycles. The highest BCUT2D eigenvalue weighted by molar-refractivity contribution is 6.31. The Hall–Kier alpha value is -3.25. The largest absolute Gasteiger partial charge is 0.338 e. The lowest BCUT2D eigenvalue weighted by molar-refractivity contribution is 1.15. The number of benzene rings is 2. The predicted molar refractivity (Wildman–Crippen MR) is 104 cm³/mol. The van der Waals surface area contributed by atoms with E-state index in [9.17, 15) is 0 Å². The third-order valence-electron chi connectivity index (χ3n) is 3.80. The minimum atomic E-state index is 0.413. The number of rotatable bonds is 4. The second kappa shape index (κ2) is 6.93. The van der Waals surface area contributed by atoms with Gasteiger partial charge < -0.3 is 10.6 Å². The number of nitrogens with one attached hydrogen (secondary N) is 2. The van der Waals surface area contributed by atoms with Crippen LogP contribution >= 0.6 is 11.6 Å². The first-order valence-corrected chi connectivity index (χ1v) is 8.41. The van der Waals surface area contributed by atoms with Crippen molar-refractivity contribution in [3.63, 3.8) is 0 Å². The summed E-state index contributed by atoms with van der Waals surface area (Å²) < 4.78 is 0. The Bertz CT molecular complexity index is 1070. The number of anilines is 4. The maximum Gasteiger partial charge on any atom is 0.231 e. The zero-order valence-electron chi connectivity index (χ0n) is 13.9. The van der Waals surface area contributed by atoms with Gasteiger partial charge in [-0.1, -0.05) is 35.9 Å². The molecule has 2 aromatic carbocycles. The van der Waals surface area contributed by atoms with Crippen LogP contribution in [-0.2, 0) is 0 Å². The summed E-state index contributed by atoms with van der Waals surface area (Å²) >= 11 is 6.20. The van der Waals surface area contributed by atoms with E-state index in [0.717, 1.165) is 16.9 Å². The van der Waals surface area contributed by atoms with Gasteiger partial charge in [0.1, 0.15) is 0 Å². The van der Waals surface area contributed by atoms with Gasteiger partial charge in [0.15, 0.2) is 17.0 Å². The minimum Gasteiger partial charge on any atom is -0.338 e. The molecule has 6 nitrogen and oxygen atoms in total. The number of halogens is 1. The highest BCUT2D eigenvalue weighted by atomic mass is 35.5. The second-order valence-corrected chi connectivity index (χ2v) is 6.11. The van der Waals surface area contributed by atoms with E-state index in [0.29, 0.717) is 28.0 Å². The monoisotopic (exact) mass is 362 g/mol. The van der Waals surface area contributed by atoms with Crippen molar-refractivity contribution in [3.8, 4) is 0 Å². The van der Waals surface area contributed by atoms with Crippen molar-refractivity contribution in [1.82, 2.24) is 19.9 Å². The molecule has 0 spiro atoms. The van der Waals surface area contributed by atoms with Crippen LogP contribution in [0, 0.1) is 6.92 Å². The van der Waals surface area contributed by atoms with Gasteiger partial charge in [-0.25, -0.2) is 9.97 Å². The number of fused-ring (bicyclic) bond motifs is 1. The van der Waals surface area contributed by atoms with Crippen molar-refractivity contribution in [2.24, 2.45) is 0 Å². The van der Waals surface area contributed by atoms with Crippen molar-refractivity contribution in [2.45, 2.75) is 6.92 Å². The molecule has 0 fully saturated rings. The average Bonchev–Trinajstić information content (AvgIpc) is 2.66. The topological polar surface area (TPSA) is 75.6 Å². The molecule has 0 aliphatic carbocycles. The molecule has 0 amide bonds. The normalized spacial score (nSPS) is 10.7. The summed E-state index contributed by atoms with van der Waals surface area (Å²) in [5.74, 6) is 0.992. The third-order valence-corrected chi connectivity index (χ3v) is 4.20. The van der Waals surface area contributed by atoms with Crippen LogP contribution in [0.15, 0.2) is 60.9 Å². The van der Waals surface area contributed by atoms with Gasteiger partial charge >= 0.3 is 0 Å². The van der Waals surface area contributed by atoms with Gasteiger partial charge in [0, 0.05) is 28.8 Å². The Morgan fingerprint density at radius 3 is 2.46 bits per heavy atom. The zero-order valence-corrected chi connectivity index (χ0v) is 14.7. The van der Waals surface area contributed by atoms with Crippen molar-refractivity contribution >= 4 is 45.9 Å². The van der Waals surface area contributed by atoms with Crippen LogP contribution in [0.1, 0.15) is 5.56 Å². The molecule has 2 heterocycles. The molecule has 0 aliphatic rings. The average molecular weight is 363 g/mol. The van der Waals surface area contributed by atoms with Gasteiger partial charge in [-0.2, -0.15) is 9.97 Å². The fourth-order valence-electron chi connectivity index (χ4n) is 2.46. The molecule has 0 saturated heterocycles. The van der Waals surface area contributed by atoms with Gasteiger partial charge in [0.2, 0.25) is 5.95 Å². The Kier molecular flexibility index (Phi) is 4.33. The quantitative estimate of drug-likeness (QED) is 0.539. The highest BCUT2D eigenvalue weighted by Gasteiger charge is 2.11. The lowest BCUT2D eigenvalue weighted by Crippen LogP contribution is -2.04. The summed E-state index contributed by atoms with van der Waals surface area (Å²) in [6.07, 6.45) is 3.23. The molecule has 0 saturated carbocycles. The van der Waals surface area contributed by atoms with Gasteiger partial charge in [-0.05, 0) is 36.8 Å². The number of aromatic nitrogens is 4. The van der Waals surface area contributed by atoms with Crippen LogP contribution < -0.4 is 10.6 Å². The molecular weight excluding hydrogens is 348 g/mol. The van der Waals surface area contributed by atoms with Crippen LogP contribution in [0.3, 0.4) is 0 Å². The van der Waals surface area contributed by atoms with E-state index in [1.165, 1.54) is 0 Å². The van der Waals surface area contributed by atoms with Crippen LogP contribution in [0.5, 0.6) is 0 Å². The third kappa shape index (κ3) is 3.41. The standard InChI is InChI=1S/C19H15ClN6/c1-12-7-8-14(11-15(12)20)24-19-25-17-16(21-9-10-22-17)18(26-19)23-13-5-3-2-4-6-13/h2-11H,1H3,(H2,22,23,24,25,26). The SMILES string of the molecule is Cc1ccc(Nc2nc(Nc3ccccc3)c3nccnc3n2)cc1Cl. The molecule has 2 N–H and O–H groups in total. The van der Waals surface area contributed by atoms with E-state index in [2.05, 4.69) is 30.6 Å².